The van der Waals surface area contributed by atoms with Gasteiger partial charge in [0.25, 0.3) is 0 Å². The summed E-state index contributed by atoms with van der Waals surface area (Å²) in [5.74, 6) is 0.634. The Morgan fingerprint density at radius 3 is 2.50 bits per heavy atom. The van der Waals surface area contributed by atoms with Crippen LogP contribution in [0, 0.1) is 39.0 Å². The second kappa shape index (κ2) is 9.55. The molecule has 0 saturated carbocycles. The summed E-state index contributed by atoms with van der Waals surface area (Å²) in [4.78, 5) is 4.72. The molecule has 6 heteroatoms. The number of nitrogens with zero attached hydrogens (tertiary/aromatic N) is 2. The topological polar surface area (TPSA) is 72.8 Å². The molecule has 0 fully saturated rings. The van der Waals surface area contributed by atoms with Gasteiger partial charge in [-0.3, -0.25) is 0 Å². The van der Waals surface area contributed by atoms with E-state index in [1.807, 2.05) is 18.2 Å². The number of fused-ring (bicyclic) bond motifs is 1. The average Bonchev–Trinajstić information content (AvgIpc) is 2.73. The van der Waals surface area contributed by atoms with Crippen molar-refractivity contribution in [3.63, 3.8) is 0 Å². The molecule has 1 aromatic heterocycles. The van der Waals surface area contributed by atoms with Gasteiger partial charge in [0.2, 0.25) is 0 Å². The molecule has 0 aliphatic heterocycles. The zero-order valence-corrected chi connectivity index (χ0v) is 18.7. The number of nitrogens with one attached hydrogen (secondary N) is 3. The van der Waals surface area contributed by atoms with Gasteiger partial charge in [-0.1, -0.05) is 18.2 Å². The van der Waals surface area contributed by atoms with E-state index in [0.29, 0.717) is 23.0 Å². The van der Waals surface area contributed by atoms with E-state index in [-0.39, 0.29) is 0 Å². The number of pyridine rings is 1. The standard InChI is InChI=1S/C24H27N5S/c1-15-7-9-21(12-17(15)3)28-24(30)27-11-5-10-26-23-20(14-25)13-19-8-6-16(2)18(4)22(19)29-23/h6-9,12-13H,5,10-11H2,1-4H3,(H,26,29)(H2,27,28,30). The normalized spacial score (nSPS) is 10.5. The van der Waals surface area contributed by atoms with Crippen molar-refractivity contribution in [2.75, 3.05) is 23.7 Å². The fraction of sp³-hybridized carbons (Fsp3) is 0.292. The molecule has 0 saturated heterocycles. The molecule has 3 N–H and O–H groups in total. The van der Waals surface area contributed by atoms with Gasteiger partial charge in [-0.15, -0.1) is 0 Å². The third-order valence-corrected chi connectivity index (χ3v) is 5.57. The number of hydrogen-bond acceptors (Lipinski definition) is 4. The predicted octanol–water partition coefficient (Wildman–Crippen LogP) is 5.13. The van der Waals surface area contributed by atoms with E-state index in [9.17, 15) is 5.26 Å². The molecule has 3 rings (SSSR count). The highest BCUT2D eigenvalue weighted by Gasteiger charge is 2.09. The van der Waals surface area contributed by atoms with Crippen LogP contribution in [0.15, 0.2) is 36.4 Å². The van der Waals surface area contributed by atoms with E-state index in [0.717, 1.165) is 35.1 Å². The molecule has 1 heterocycles. The lowest BCUT2D eigenvalue weighted by atomic mass is 10.0. The maximum absolute atomic E-state index is 9.49. The number of aromatic nitrogens is 1. The Balaban J connectivity index is 1.53. The quantitative estimate of drug-likeness (QED) is 0.381. The van der Waals surface area contributed by atoms with Crippen molar-refractivity contribution in [3.05, 3.63) is 64.2 Å². The fourth-order valence-electron chi connectivity index (χ4n) is 3.19. The number of anilines is 2. The third-order valence-electron chi connectivity index (χ3n) is 5.33. The van der Waals surface area contributed by atoms with Gasteiger partial charge in [0, 0.05) is 24.2 Å². The Morgan fingerprint density at radius 1 is 1.00 bits per heavy atom. The van der Waals surface area contributed by atoms with Crippen LogP contribution in [0.5, 0.6) is 0 Å². The average molecular weight is 418 g/mol. The van der Waals surface area contributed by atoms with Gasteiger partial charge in [0.15, 0.2) is 5.11 Å². The molecule has 30 heavy (non-hydrogen) atoms. The van der Waals surface area contributed by atoms with Crippen LogP contribution >= 0.6 is 12.2 Å². The molecule has 3 aromatic rings. The van der Waals surface area contributed by atoms with Crippen molar-refractivity contribution >= 4 is 39.7 Å². The number of rotatable bonds is 6. The SMILES string of the molecule is Cc1ccc(NC(=S)NCCCNc2nc3c(C)c(C)ccc3cc2C#N)cc1C. The van der Waals surface area contributed by atoms with Crippen LogP contribution in [0.3, 0.4) is 0 Å². The van der Waals surface area contributed by atoms with E-state index >= 15 is 0 Å². The lowest BCUT2D eigenvalue weighted by Gasteiger charge is -2.13. The van der Waals surface area contributed by atoms with E-state index in [1.54, 1.807) is 0 Å². The summed E-state index contributed by atoms with van der Waals surface area (Å²) in [5.41, 5.74) is 7.31. The first-order chi connectivity index (χ1) is 14.4. The number of benzene rings is 2. The van der Waals surface area contributed by atoms with Crippen molar-refractivity contribution < 1.29 is 0 Å². The van der Waals surface area contributed by atoms with Crippen LogP contribution < -0.4 is 16.0 Å². The van der Waals surface area contributed by atoms with E-state index < -0.39 is 0 Å². The molecular formula is C24H27N5S. The Morgan fingerprint density at radius 2 is 1.77 bits per heavy atom. The number of hydrogen-bond donors (Lipinski definition) is 3. The van der Waals surface area contributed by atoms with E-state index in [1.165, 1.54) is 16.7 Å². The molecule has 0 amide bonds. The third kappa shape index (κ3) is 5.05. The second-order valence-electron chi connectivity index (χ2n) is 7.54. The lowest BCUT2D eigenvalue weighted by Crippen LogP contribution is -2.30. The first kappa shape index (κ1) is 21.5. The Labute approximate surface area is 183 Å². The maximum atomic E-state index is 9.49. The van der Waals surface area contributed by atoms with Crippen molar-refractivity contribution in [1.82, 2.24) is 10.3 Å². The van der Waals surface area contributed by atoms with Gasteiger partial charge in [-0.2, -0.15) is 5.26 Å². The zero-order chi connectivity index (χ0) is 21.7. The van der Waals surface area contributed by atoms with Crippen LogP contribution in [0.2, 0.25) is 0 Å². The van der Waals surface area contributed by atoms with Crippen LogP contribution in [-0.4, -0.2) is 23.2 Å². The van der Waals surface area contributed by atoms with Crippen LogP contribution in [0.25, 0.3) is 10.9 Å². The molecule has 0 aliphatic rings. The highest BCUT2D eigenvalue weighted by atomic mass is 32.1. The Bertz CT molecular complexity index is 1130. The van der Waals surface area contributed by atoms with Crippen molar-refractivity contribution in [2.24, 2.45) is 0 Å². The summed E-state index contributed by atoms with van der Waals surface area (Å²) in [6.07, 6.45) is 0.839. The number of nitriles is 1. The highest BCUT2D eigenvalue weighted by molar-refractivity contribution is 7.80. The van der Waals surface area contributed by atoms with Crippen LogP contribution in [0.1, 0.15) is 34.2 Å². The van der Waals surface area contributed by atoms with Gasteiger partial charge < -0.3 is 16.0 Å². The van der Waals surface area contributed by atoms with E-state index in [2.05, 4.69) is 67.9 Å². The lowest BCUT2D eigenvalue weighted by molar-refractivity contribution is 0.807. The van der Waals surface area contributed by atoms with Crippen LogP contribution in [0.4, 0.5) is 11.5 Å². The number of thiocarbonyl (C=S) groups is 1. The first-order valence-corrected chi connectivity index (χ1v) is 10.5. The molecule has 0 aliphatic carbocycles. The highest BCUT2D eigenvalue weighted by Crippen LogP contribution is 2.24. The Kier molecular flexibility index (Phi) is 6.86. The first-order valence-electron chi connectivity index (χ1n) is 10.1. The smallest absolute Gasteiger partial charge is 0.170 e. The molecule has 0 radical (unpaired) electrons. The summed E-state index contributed by atoms with van der Waals surface area (Å²) in [6, 6.07) is 14.4. The van der Waals surface area contributed by atoms with Gasteiger partial charge in [0.05, 0.1) is 11.1 Å². The van der Waals surface area contributed by atoms with E-state index in [4.69, 9.17) is 17.2 Å². The molecule has 0 spiro atoms. The molecule has 0 atom stereocenters. The van der Waals surface area contributed by atoms with Gasteiger partial charge in [-0.05, 0) is 86.8 Å². The molecule has 5 nitrogen and oxygen atoms in total. The molecule has 0 unspecified atom stereocenters. The largest absolute Gasteiger partial charge is 0.369 e. The summed E-state index contributed by atoms with van der Waals surface area (Å²) in [6.45, 7) is 9.72. The van der Waals surface area contributed by atoms with Crippen molar-refractivity contribution in [3.8, 4) is 6.07 Å². The van der Waals surface area contributed by atoms with Crippen LogP contribution in [-0.2, 0) is 0 Å². The second-order valence-corrected chi connectivity index (χ2v) is 7.94. The predicted molar refractivity (Wildman–Crippen MR) is 129 cm³/mol. The van der Waals surface area contributed by atoms with Crippen molar-refractivity contribution in [2.45, 2.75) is 34.1 Å². The molecular weight excluding hydrogens is 390 g/mol. The summed E-state index contributed by atoms with van der Waals surface area (Å²) >= 11 is 5.38. The summed E-state index contributed by atoms with van der Waals surface area (Å²) < 4.78 is 0. The van der Waals surface area contributed by atoms with Crippen molar-refractivity contribution in [1.29, 1.82) is 5.26 Å². The minimum atomic E-state index is 0.561. The number of aryl methyl sites for hydroxylation is 4. The van der Waals surface area contributed by atoms with Gasteiger partial charge in [0.1, 0.15) is 11.9 Å². The Hall–Kier alpha value is -3.17. The summed E-state index contributed by atoms with van der Waals surface area (Å²) in [5, 5.41) is 20.8. The van der Waals surface area contributed by atoms with Gasteiger partial charge >= 0.3 is 0 Å². The maximum Gasteiger partial charge on any atom is 0.170 e. The molecule has 2 aromatic carbocycles. The minimum absolute atomic E-state index is 0.561. The minimum Gasteiger partial charge on any atom is -0.369 e. The zero-order valence-electron chi connectivity index (χ0n) is 17.9. The molecule has 154 valence electrons. The summed E-state index contributed by atoms with van der Waals surface area (Å²) in [7, 11) is 0. The fourth-order valence-corrected chi connectivity index (χ4v) is 3.41. The van der Waals surface area contributed by atoms with Gasteiger partial charge in [-0.25, -0.2) is 4.98 Å². The monoisotopic (exact) mass is 417 g/mol. The molecule has 0 bridgehead atoms.